The highest BCUT2D eigenvalue weighted by molar-refractivity contribution is 6.20. The molecule has 0 radical (unpaired) electrons. The van der Waals surface area contributed by atoms with Crippen LogP contribution < -0.4 is 0 Å². The third-order valence-electron chi connectivity index (χ3n) is 3.82. The highest BCUT2D eigenvalue weighted by Gasteiger charge is 2.20. The van der Waals surface area contributed by atoms with Gasteiger partial charge in [-0.05, 0) is 44.5 Å². The van der Waals surface area contributed by atoms with Crippen molar-refractivity contribution in [3.8, 4) is 0 Å². The predicted molar refractivity (Wildman–Crippen MR) is 85.9 cm³/mol. The molecule has 0 amide bonds. The number of fused-ring (bicyclic) bond motifs is 1. The second-order valence-corrected chi connectivity index (χ2v) is 6.19. The Morgan fingerprint density at radius 1 is 1.24 bits per heavy atom. The summed E-state index contributed by atoms with van der Waals surface area (Å²) in [6.07, 6.45) is 2.53. The maximum absolute atomic E-state index is 6.35. The summed E-state index contributed by atoms with van der Waals surface area (Å²) in [6, 6.07) is 10.4. The van der Waals surface area contributed by atoms with Gasteiger partial charge in [-0.3, -0.25) is 0 Å². The lowest BCUT2D eigenvalue weighted by molar-refractivity contribution is 0.447. The topological polar surface area (TPSA) is 31.0 Å². The quantitative estimate of drug-likeness (QED) is 0.632. The molecule has 0 bridgehead atoms. The van der Waals surface area contributed by atoms with Crippen LogP contribution >= 0.6 is 11.6 Å². The monoisotopic (exact) mass is 302 g/mol. The van der Waals surface area contributed by atoms with Crippen LogP contribution in [-0.4, -0.2) is 9.55 Å². The lowest BCUT2D eigenvalue weighted by atomic mass is 10.1. The lowest BCUT2D eigenvalue weighted by Crippen LogP contribution is -2.12. The first-order chi connectivity index (χ1) is 10.1. The Kier molecular flexibility index (Phi) is 3.77. The van der Waals surface area contributed by atoms with Crippen LogP contribution in [-0.2, 0) is 6.42 Å². The first-order valence-electron chi connectivity index (χ1n) is 7.22. The van der Waals surface area contributed by atoms with Crippen molar-refractivity contribution in [3.05, 3.63) is 53.7 Å². The van der Waals surface area contributed by atoms with Crippen molar-refractivity contribution in [2.75, 3.05) is 0 Å². The number of imidazole rings is 1. The zero-order valence-electron chi connectivity index (χ0n) is 12.5. The summed E-state index contributed by atoms with van der Waals surface area (Å²) in [6.45, 7) is 6.22. The molecule has 2 aromatic heterocycles. The largest absolute Gasteiger partial charge is 0.469 e. The molecular formula is C17H19ClN2O. The van der Waals surface area contributed by atoms with Gasteiger partial charge in [0.2, 0.25) is 0 Å². The molecular weight excluding hydrogens is 284 g/mol. The Hall–Kier alpha value is -1.74. The Labute approximate surface area is 129 Å². The first kappa shape index (κ1) is 14.2. The van der Waals surface area contributed by atoms with E-state index in [4.69, 9.17) is 21.0 Å². The van der Waals surface area contributed by atoms with Crippen LogP contribution in [0.5, 0.6) is 0 Å². The number of benzene rings is 1. The fraction of sp³-hybridized carbons (Fsp3) is 0.353. The molecule has 21 heavy (non-hydrogen) atoms. The summed E-state index contributed by atoms with van der Waals surface area (Å²) in [4.78, 5) is 4.76. The average molecular weight is 303 g/mol. The van der Waals surface area contributed by atoms with Gasteiger partial charge < -0.3 is 8.98 Å². The SMILES string of the molecule is Cc1cccc2c1nc(C(C)Cl)n2C(C)Cc1ccco1. The van der Waals surface area contributed by atoms with Crippen LogP contribution in [0.1, 0.15) is 42.4 Å². The fourth-order valence-corrected chi connectivity index (χ4v) is 2.98. The van der Waals surface area contributed by atoms with Gasteiger partial charge in [0.25, 0.3) is 0 Å². The predicted octanol–water partition coefficient (Wildman–Crippen LogP) is 5.04. The van der Waals surface area contributed by atoms with E-state index in [1.54, 1.807) is 6.26 Å². The number of aromatic nitrogens is 2. The van der Waals surface area contributed by atoms with Crippen LogP contribution in [0.15, 0.2) is 41.0 Å². The molecule has 4 heteroatoms. The zero-order valence-corrected chi connectivity index (χ0v) is 13.3. The zero-order chi connectivity index (χ0) is 15.0. The molecule has 0 aliphatic rings. The third kappa shape index (κ3) is 2.58. The molecule has 3 aromatic rings. The van der Waals surface area contributed by atoms with Crippen LogP contribution in [0.25, 0.3) is 11.0 Å². The maximum atomic E-state index is 6.35. The molecule has 0 spiro atoms. The average Bonchev–Trinajstić information content (AvgIpc) is 3.05. The lowest BCUT2D eigenvalue weighted by Gasteiger charge is -2.17. The number of furan rings is 1. The van der Waals surface area contributed by atoms with Crippen LogP contribution in [0.4, 0.5) is 0 Å². The number of rotatable bonds is 4. The van der Waals surface area contributed by atoms with E-state index in [1.165, 1.54) is 5.56 Å². The van der Waals surface area contributed by atoms with Crippen molar-refractivity contribution >= 4 is 22.6 Å². The molecule has 0 fully saturated rings. The summed E-state index contributed by atoms with van der Waals surface area (Å²) in [5.41, 5.74) is 3.35. The molecule has 3 rings (SSSR count). The molecule has 2 atom stereocenters. The Morgan fingerprint density at radius 2 is 2.05 bits per heavy atom. The van der Waals surface area contributed by atoms with Crippen LogP contribution in [0, 0.1) is 6.92 Å². The van der Waals surface area contributed by atoms with E-state index in [-0.39, 0.29) is 11.4 Å². The van der Waals surface area contributed by atoms with Gasteiger partial charge in [-0.15, -0.1) is 11.6 Å². The number of para-hydroxylation sites is 1. The number of alkyl halides is 1. The number of halogens is 1. The summed E-state index contributed by atoms with van der Waals surface area (Å²) >= 11 is 6.35. The van der Waals surface area contributed by atoms with Gasteiger partial charge in [0, 0.05) is 12.5 Å². The van der Waals surface area contributed by atoms with E-state index < -0.39 is 0 Å². The van der Waals surface area contributed by atoms with E-state index in [1.807, 2.05) is 19.1 Å². The summed E-state index contributed by atoms with van der Waals surface area (Å²) in [5.74, 6) is 1.89. The molecule has 0 aliphatic heterocycles. The normalized spacial score (nSPS) is 14.5. The van der Waals surface area contributed by atoms with E-state index in [2.05, 4.69) is 36.6 Å². The van der Waals surface area contributed by atoms with E-state index in [0.717, 1.165) is 29.0 Å². The third-order valence-corrected chi connectivity index (χ3v) is 4.02. The van der Waals surface area contributed by atoms with Gasteiger partial charge >= 0.3 is 0 Å². The molecule has 0 saturated heterocycles. The molecule has 2 heterocycles. The molecule has 0 N–H and O–H groups in total. The van der Waals surface area contributed by atoms with Crippen molar-refractivity contribution in [1.82, 2.24) is 9.55 Å². The Morgan fingerprint density at radius 3 is 2.71 bits per heavy atom. The minimum Gasteiger partial charge on any atom is -0.469 e. The molecule has 1 aromatic carbocycles. The molecule has 110 valence electrons. The number of nitrogens with zero attached hydrogens (tertiary/aromatic N) is 2. The molecule has 2 unspecified atom stereocenters. The van der Waals surface area contributed by atoms with Gasteiger partial charge in [-0.2, -0.15) is 0 Å². The van der Waals surface area contributed by atoms with E-state index in [9.17, 15) is 0 Å². The van der Waals surface area contributed by atoms with Gasteiger partial charge in [-0.1, -0.05) is 12.1 Å². The number of hydrogen-bond acceptors (Lipinski definition) is 2. The number of hydrogen-bond donors (Lipinski definition) is 0. The van der Waals surface area contributed by atoms with Crippen LogP contribution in [0.2, 0.25) is 0 Å². The smallest absolute Gasteiger partial charge is 0.127 e. The Balaban J connectivity index is 2.10. The van der Waals surface area contributed by atoms with E-state index >= 15 is 0 Å². The highest BCUT2D eigenvalue weighted by Crippen LogP contribution is 2.30. The molecule has 0 aliphatic carbocycles. The fourth-order valence-electron chi connectivity index (χ4n) is 2.83. The van der Waals surface area contributed by atoms with Crippen molar-refractivity contribution < 1.29 is 4.42 Å². The summed E-state index contributed by atoms with van der Waals surface area (Å²) < 4.78 is 7.71. The summed E-state index contributed by atoms with van der Waals surface area (Å²) in [5, 5.41) is -0.129. The van der Waals surface area contributed by atoms with Crippen molar-refractivity contribution in [2.24, 2.45) is 0 Å². The second-order valence-electron chi connectivity index (χ2n) is 5.53. The summed E-state index contributed by atoms with van der Waals surface area (Å²) in [7, 11) is 0. The molecule has 0 saturated carbocycles. The molecule has 3 nitrogen and oxygen atoms in total. The van der Waals surface area contributed by atoms with Crippen molar-refractivity contribution in [3.63, 3.8) is 0 Å². The first-order valence-corrected chi connectivity index (χ1v) is 7.65. The standard InChI is InChI=1S/C17H19ClN2O/c1-11-6-4-8-15-16(11)19-17(13(3)18)20(15)12(2)10-14-7-5-9-21-14/h4-9,12-13H,10H2,1-3H3. The number of aryl methyl sites for hydroxylation is 1. The van der Waals surface area contributed by atoms with Crippen molar-refractivity contribution in [1.29, 1.82) is 0 Å². The Bertz CT molecular complexity index is 744. The highest BCUT2D eigenvalue weighted by atomic mass is 35.5. The van der Waals surface area contributed by atoms with Crippen molar-refractivity contribution in [2.45, 2.75) is 38.6 Å². The van der Waals surface area contributed by atoms with Crippen LogP contribution in [0.3, 0.4) is 0 Å². The van der Waals surface area contributed by atoms with Gasteiger partial charge in [0.05, 0.1) is 22.7 Å². The minimum atomic E-state index is -0.129. The second kappa shape index (κ2) is 5.57. The van der Waals surface area contributed by atoms with Gasteiger partial charge in [0.15, 0.2) is 0 Å². The minimum absolute atomic E-state index is 0.129. The van der Waals surface area contributed by atoms with Gasteiger partial charge in [0.1, 0.15) is 11.6 Å². The van der Waals surface area contributed by atoms with Gasteiger partial charge in [-0.25, -0.2) is 4.98 Å². The van der Waals surface area contributed by atoms with E-state index in [0.29, 0.717) is 0 Å². The maximum Gasteiger partial charge on any atom is 0.127 e.